The summed E-state index contributed by atoms with van der Waals surface area (Å²) in [5.41, 5.74) is 5.44. The van der Waals surface area contributed by atoms with Gasteiger partial charge in [0.15, 0.2) is 9.84 Å². The van der Waals surface area contributed by atoms with E-state index in [1.54, 1.807) is 0 Å². The van der Waals surface area contributed by atoms with Crippen LogP contribution in [-0.2, 0) is 14.6 Å². The van der Waals surface area contributed by atoms with Crippen molar-refractivity contribution >= 4 is 9.84 Å². The molecule has 0 aromatic carbocycles. The molecule has 0 amide bonds. The molecule has 0 aliphatic carbocycles. The van der Waals surface area contributed by atoms with Gasteiger partial charge in [0.2, 0.25) is 0 Å². The van der Waals surface area contributed by atoms with Crippen LogP contribution in [0.4, 0.5) is 0 Å². The summed E-state index contributed by atoms with van der Waals surface area (Å²) in [4.78, 5) is 0. The van der Waals surface area contributed by atoms with Crippen LogP contribution in [-0.4, -0.2) is 39.2 Å². The Morgan fingerprint density at radius 2 is 1.87 bits per heavy atom. The van der Waals surface area contributed by atoms with E-state index >= 15 is 0 Å². The van der Waals surface area contributed by atoms with Crippen LogP contribution in [0.2, 0.25) is 0 Å². The molecule has 0 aliphatic rings. The van der Waals surface area contributed by atoms with Gasteiger partial charge in [-0.05, 0) is 12.8 Å². The highest BCUT2D eigenvalue weighted by atomic mass is 32.2. The lowest BCUT2D eigenvalue weighted by molar-refractivity contribution is 0.0846. The summed E-state index contributed by atoms with van der Waals surface area (Å²) in [5.74, 6) is 0.476. The van der Waals surface area contributed by atoms with E-state index in [-0.39, 0.29) is 30.1 Å². The van der Waals surface area contributed by atoms with Crippen LogP contribution in [0.3, 0.4) is 0 Å². The lowest BCUT2D eigenvalue weighted by atomic mass is 10.2. The third-order valence-electron chi connectivity index (χ3n) is 2.34. The van der Waals surface area contributed by atoms with Gasteiger partial charge in [0.05, 0.1) is 17.6 Å². The Balaban J connectivity index is 4.22. The minimum atomic E-state index is -3.03. The number of hydrogen-bond acceptors (Lipinski definition) is 4. The molecule has 2 N–H and O–H groups in total. The number of sulfone groups is 1. The van der Waals surface area contributed by atoms with Crippen LogP contribution in [0.1, 0.15) is 27.2 Å². The van der Waals surface area contributed by atoms with Gasteiger partial charge in [-0.15, -0.1) is 0 Å². The van der Waals surface area contributed by atoms with Gasteiger partial charge in [0.25, 0.3) is 0 Å². The van der Waals surface area contributed by atoms with E-state index in [1.165, 1.54) is 0 Å². The first-order chi connectivity index (χ1) is 6.95. The molecule has 15 heavy (non-hydrogen) atoms. The summed E-state index contributed by atoms with van der Waals surface area (Å²) in [6.45, 7) is 6.52. The Labute approximate surface area is 93.1 Å². The van der Waals surface area contributed by atoms with Gasteiger partial charge in [-0.1, -0.05) is 20.3 Å². The smallest absolute Gasteiger partial charge is 0.153 e. The summed E-state index contributed by atoms with van der Waals surface area (Å²) in [5, 5.41) is 0. The fourth-order valence-corrected chi connectivity index (χ4v) is 3.36. The van der Waals surface area contributed by atoms with E-state index < -0.39 is 9.84 Å². The Bertz CT molecular complexity index is 251. The maximum atomic E-state index is 11.7. The van der Waals surface area contributed by atoms with Crippen molar-refractivity contribution in [2.75, 3.05) is 24.7 Å². The molecule has 0 heterocycles. The molecule has 2 atom stereocenters. The standard InChI is InChI=1S/C10H23NO3S/c1-4-9(3)7-15(12,13)8-10(6-11)14-5-2/h9-10H,4-8,11H2,1-3H3. The summed E-state index contributed by atoms with van der Waals surface area (Å²) < 4.78 is 28.7. The molecule has 4 nitrogen and oxygen atoms in total. The second-order valence-electron chi connectivity index (χ2n) is 3.90. The normalized spacial score (nSPS) is 16.3. The Morgan fingerprint density at radius 3 is 2.27 bits per heavy atom. The molecule has 0 saturated carbocycles. The largest absolute Gasteiger partial charge is 0.376 e. The molecule has 0 radical (unpaired) electrons. The molecular weight excluding hydrogens is 214 g/mol. The zero-order valence-electron chi connectivity index (χ0n) is 9.90. The number of rotatable bonds is 8. The van der Waals surface area contributed by atoms with Crippen molar-refractivity contribution < 1.29 is 13.2 Å². The lowest BCUT2D eigenvalue weighted by Gasteiger charge is -2.16. The van der Waals surface area contributed by atoms with E-state index in [2.05, 4.69) is 0 Å². The van der Waals surface area contributed by atoms with Crippen LogP contribution >= 0.6 is 0 Å². The minimum Gasteiger partial charge on any atom is -0.376 e. The Kier molecular flexibility index (Phi) is 7.13. The molecule has 0 rings (SSSR count). The van der Waals surface area contributed by atoms with Gasteiger partial charge in [0.1, 0.15) is 0 Å². The molecule has 92 valence electrons. The molecule has 0 bridgehead atoms. The SMILES string of the molecule is CCOC(CN)CS(=O)(=O)CC(C)CC. The van der Waals surface area contributed by atoms with E-state index in [0.29, 0.717) is 6.61 Å². The van der Waals surface area contributed by atoms with E-state index in [0.717, 1.165) is 6.42 Å². The highest BCUT2D eigenvalue weighted by Gasteiger charge is 2.20. The summed E-state index contributed by atoms with van der Waals surface area (Å²) in [6.07, 6.45) is 0.519. The lowest BCUT2D eigenvalue weighted by Crippen LogP contribution is -2.33. The molecule has 5 heteroatoms. The van der Waals surface area contributed by atoms with Crippen LogP contribution in [0, 0.1) is 5.92 Å². The van der Waals surface area contributed by atoms with Gasteiger partial charge in [-0.3, -0.25) is 0 Å². The third-order valence-corrected chi connectivity index (χ3v) is 4.30. The van der Waals surface area contributed by atoms with E-state index in [4.69, 9.17) is 10.5 Å². The van der Waals surface area contributed by atoms with Gasteiger partial charge in [-0.25, -0.2) is 8.42 Å². The second kappa shape index (κ2) is 7.19. The summed E-state index contributed by atoms with van der Waals surface area (Å²) >= 11 is 0. The first-order valence-corrected chi connectivity index (χ1v) is 7.29. The molecular formula is C10H23NO3S. The molecule has 0 fully saturated rings. The van der Waals surface area contributed by atoms with Gasteiger partial charge in [-0.2, -0.15) is 0 Å². The maximum absolute atomic E-state index is 11.7. The highest BCUT2D eigenvalue weighted by Crippen LogP contribution is 2.08. The minimum absolute atomic E-state index is 0.0433. The quantitative estimate of drug-likeness (QED) is 0.678. The molecule has 2 unspecified atom stereocenters. The van der Waals surface area contributed by atoms with Gasteiger partial charge < -0.3 is 10.5 Å². The second-order valence-corrected chi connectivity index (χ2v) is 6.06. The van der Waals surface area contributed by atoms with Crippen molar-refractivity contribution in [3.05, 3.63) is 0 Å². The molecule has 0 aliphatic heterocycles. The molecule has 0 aromatic heterocycles. The number of hydrogen-bond donors (Lipinski definition) is 1. The molecule has 0 aromatic rings. The Hall–Kier alpha value is -0.130. The van der Waals surface area contributed by atoms with Gasteiger partial charge in [0, 0.05) is 13.2 Å². The fourth-order valence-electron chi connectivity index (χ4n) is 1.32. The van der Waals surface area contributed by atoms with Crippen molar-refractivity contribution in [2.45, 2.75) is 33.3 Å². The van der Waals surface area contributed by atoms with Crippen molar-refractivity contribution in [3.63, 3.8) is 0 Å². The predicted molar refractivity (Wildman–Crippen MR) is 62.6 cm³/mol. The topological polar surface area (TPSA) is 69.4 Å². The zero-order chi connectivity index (χ0) is 11.9. The average Bonchev–Trinajstić information content (AvgIpc) is 2.15. The van der Waals surface area contributed by atoms with Crippen molar-refractivity contribution in [3.8, 4) is 0 Å². The number of nitrogens with two attached hydrogens (primary N) is 1. The van der Waals surface area contributed by atoms with Crippen molar-refractivity contribution in [1.82, 2.24) is 0 Å². The first-order valence-electron chi connectivity index (χ1n) is 5.47. The first kappa shape index (κ1) is 14.9. The predicted octanol–water partition coefficient (Wildman–Crippen LogP) is 0.811. The van der Waals surface area contributed by atoms with Crippen LogP contribution < -0.4 is 5.73 Å². The van der Waals surface area contributed by atoms with Crippen molar-refractivity contribution in [2.24, 2.45) is 11.7 Å². The molecule has 0 spiro atoms. The zero-order valence-corrected chi connectivity index (χ0v) is 10.7. The maximum Gasteiger partial charge on any atom is 0.153 e. The van der Waals surface area contributed by atoms with Crippen LogP contribution in [0.5, 0.6) is 0 Å². The van der Waals surface area contributed by atoms with Crippen LogP contribution in [0.15, 0.2) is 0 Å². The number of ether oxygens (including phenoxy) is 1. The summed E-state index contributed by atoms with van der Waals surface area (Å²) in [7, 11) is -3.03. The van der Waals surface area contributed by atoms with Crippen LogP contribution in [0.25, 0.3) is 0 Å². The third kappa shape index (κ3) is 6.87. The summed E-state index contributed by atoms with van der Waals surface area (Å²) in [6, 6.07) is 0. The average molecular weight is 237 g/mol. The fraction of sp³-hybridized carbons (Fsp3) is 1.00. The highest BCUT2D eigenvalue weighted by molar-refractivity contribution is 7.91. The van der Waals surface area contributed by atoms with Crippen molar-refractivity contribution in [1.29, 1.82) is 0 Å². The molecule has 0 saturated heterocycles. The van der Waals surface area contributed by atoms with E-state index in [9.17, 15) is 8.42 Å². The van der Waals surface area contributed by atoms with Gasteiger partial charge >= 0.3 is 0 Å². The Morgan fingerprint density at radius 1 is 1.27 bits per heavy atom. The monoisotopic (exact) mass is 237 g/mol. The van der Waals surface area contributed by atoms with E-state index in [1.807, 2.05) is 20.8 Å².